The quantitative estimate of drug-likeness (QED) is 0.463. The minimum absolute atomic E-state index is 0.118. The van der Waals surface area contributed by atoms with Gasteiger partial charge in [-0.2, -0.15) is 0 Å². The average Bonchev–Trinajstić information content (AvgIpc) is 3.01. The molecule has 1 atom stereocenters. The second-order valence-corrected chi connectivity index (χ2v) is 8.76. The van der Waals surface area contributed by atoms with Crippen molar-refractivity contribution < 1.29 is 14.7 Å². The number of carbonyl (C=O) groups is 2. The molecule has 1 aromatic rings. The van der Waals surface area contributed by atoms with E-state index in [9.17, 15) is 14.7 Å². The highest BCUT2D eigenvalue weighted by Gasteiger charge is 2.42. The lowest BCUT2D eigenvalue weighted by Gasteiger charge is -2.34. The van der Waals surface area contributed by atoms with Crippen LogP contribution >= 0.6 is 0 Å². The molecular formula is C25H36N2O3. The molecule has 2 amide bonds. The highest BCUT2D eigenvalue weighted by molar-refractivity contribution is 6.35. The zero-order valence-electron chi connectivity index (χ0n) is 18.5. The molecule has 1 N–H and O–H groups in total. The van der Waals surface area contributed by atoms with Gasteiger partial charge < -0.3 is 10.0 Å². The standard InChI is InChI=1S/C25H36N2O3/c1-3-4-5-6-7-8-16-27-24(29)22(21-13-11-19(2)12-14-21)23(25(27)30)26-15-9-10-20(17-26)18-28/h11-14,20,28H,3-10,15-18H2,1-2H3. The van der Waals surface area contributed by atoms with Crippen LogP contribution in [0, 0.1) is 12.8 Å². The molecular weight excluding hydrogens is 376 g/mol. The molecule has 0 spiro atoms. The molecule has 0 bridgehead atoms. The lowest BCUT2D eigenvalue weighted by atomic mass is 9.96. The Labute approximate surface area is 180 Å². The fourth-order valence-electron chi connectivity index (χ4n) is 4.51. The zero-order chi connectivity index (χ0) is 21.5. The van der Waals surface area contributed by atoms with E-state index in [-0.39, 0.29) is 24.3 Å². The summed E-state index contributed by atoms with van der Waals surface area (Å²) in [7, 11) is 0. The maximum Gasteiger partial charge on any atom is 0.277 e. The zero-order valence-corrected chi connectivity index (χ0v) is 18.5. The Kier molecular flexibility index (Phi) is 8.08. The van der Waals surface area contributed by atoms with Crippen LogP contribution in [-0.2, 0) is 9.59 Å². The van der Waals surface area contributed by atoms with E-state index in [1.165, 1.54) is 24.2 Å². The van der Waals surface area contributed by atoms with E-state index in [1.807, 2.05) is 36.1 Å². The first-order valence-corrected chi connectivity index (χ1v) is 11.6. The fourth-order valence-corrected chi connectivity index (χ4v) is 4.51. The summed E-state index contributed by atoms with van der Waals surface area (Å²) in [5.74, 6) is -0.178. The second-order valence-electron chi connectivity index (χ2n) is 8.76. The molecule has 0 aliphatic carbocycles. The summed E-state index contributed by atoms with van der Waals surface area (Å²) in [6.07, 6.45) is 8.61. The first-order chi connectivity index (χ1) is 14.6. The van der Waals surface area contributed by atoms with Crippen LogP contribution in [0.15, 0.2) is 30.0 Å². The number of hydrogen-bond donors (Lipinski definition) is 1. The number of likely N-dealkylation sites (tertiary alicyclic amines) is 1. The van der Waals surface area contributed by atoms with Gasteiger partial charge in [0.05, 0.1) is 5.57 Å². The normalized spacial score (nSPS) is 19.9. The summed E-state index contributed by atoms with van der Waals surface area (Å²) in [5.41, 5.74) is 3.00. The number of rotatable bonds is 10. The monoisotopic (exact) mass is 412 g/mol. The molecule has 2 heterocycles. The van der Waals surface area contributed by atoms with Gasteiger partial charge in [0.15, 0.2) is 0 Å². The highest BCUT2D eigenvalue weighted by Crippen LogP contribution is 2.34. The Bertz CT molecular complexity index is 769. The molecule has 0 saturated carbocycles. The van der Waals surface area contributed by atoms with Gasteiger partial charge in [-0.1, -0.05) is 68.9 Å². The van der Waals surface area contributed by atoms with Crippen molar-refractivity contribution >= 4 is 17.4 Å². The molecule has 30 heavy (non-hydrogen) atoms. The van der Waals surface area contributed by atoms with Crippen molar-refractivity contribution in [2.75, 3.05) is 26.2 Å². The van der Waals surface area contributed by atoms with Crippen LogP contribution in [0.1, 0.15) is 69.4 Å². The van der Waals surface area contributed by atoms with Gasteiger partial charge in [-0.25, -0.2) is 0 Å². The topological polar surface area (TPSA) is 60.9 Å². The van der Waals surface area contributed by atoms with Crippen molar-refractivity contribution in [2.45, 2.75) is 65.2 Å². The molecule has 5 nitrogen and oxygen atoms in total. The molecule has 0 aromatic heterocycles. The van der Waals surface area contributed by atoms with Gasteiger partial charge in [0.1, 0.15) is 5.70 Å². The molecule has 2 aliphatic rings. The Morgan fingerprint density at radius 1 is 1.00 bits per heavy atom. The summed E-state index contributed by atoms with van der Waals surface area (Å²) in [4.78, 5) is 30.2. The number of aliphatic hydroxyl groups excluding tert-OH is 1. The number of piperidine rings is 1. The lowest BCUT2D eigenvalue weighted by molar-refractivity contribution is -0.137. The van der Waals surface area contributed by atoms with Gasteiger partial charge in [-0.3, -0.25) is 14.5 Å². The molecule has 1 fully saturated rings. The van der Waals surface area contributed by atoms with E-state index in [4.69, 9.17) is 0 Å². The van der Waals surface area contributed by atoms with E-state index in [2.05, 4.69) is 6.92 Å². The van der Waals surface area contributed by atoms with Gasteiger partial charge in [-0.15, -0.1) is 0 Å². The number of aryl methyl sites for hydroxylation is 1. The van der Waals surface area contributed by atoms with Crippen molar-refractivity contribution in [1.82, 2.24) is 9.80 Å². The summed E-state index contributed by atoms with van der Waals surface area (Å²) in [6.45, 7) is 6.20. The van der Waals surface area contributed by atoms with Crippen LogP contribution < -0.4 is 0 Å². The number of imide groups is 1. The lowest BCUT2D eigenvalue weighted by Crippen LogP contribution is -2.40. The minimum Gasteiger partial charge on any atom is -0.396 e. The molecule has 5 heteroatoms. The minimum atomic E-state index is -0.168. The third-order valence-corrected chi connectivity index (χ3v) is 6.31. The van der Waals surface area contributed by atoms with Gasteiger partial charge in [0.2, 0.25) is 0 Å². The van der Waals surface area contributed by atoms with Crippen LogP contribution in [0.3, 0.4) is 0 Å². The van der Waals surface area contributed by atoms with Gasteiger partial charge >= 0.3 is 0 Å². The number of unbranched alkanes of at least 4 members (excludes halogenated alkanes) is 5. The number of hydrogen-bond acceptors (Lipinski definition) is 4. The summed E-state index contributed by atoms with van der Waals surface area (Å²) < 4.78 is 0. The Balaban J connectivity index is 1.81. The molecule has 1 saturated heterocycles. The number of aliphatic hydroxyl groups is 1. The maximum atomic E-state index is 13.4. The predicted molar refractivity (Wildman–Crippen MR) is 120 cm³/mol. The number of nitrogens with zero attached hydrogens (tertiary/aromatic N) is 2. The van der Waals surface area contributed by atoms with E-state index in [1.54, 1.807) is 0 Å². The predicted octanol–water partition coefficient (Wildman–Crippen LogP) is 4.14. The number of benzene rings is 1. The summed E-state index contributed by atoms with van der Waals surface area (Å²) in [6, 6.07) is 7.86. The van der Waals surface area contributed by atoms with E-state index < -0.39 is 0 Å². The molecule has 3 rings (SSSR count). The van der Waals surface area contributed by atoms with Gasteiger partial charge in [0, 0.05) is 26.2 Å². The van der Waals surface area contributed by atoms with Crippen LogP contribution in [0.5, 0.6) is 0 Å². The van der Waals surface area contributed by atoms with E-state index in [0.717, 1.165) is 49.8 Å². The van der Waals surface area contributed by atoms with Crippen molar-refractivity contribution in [1.29, 1.82) is 0 Å². The first kappa shape index (κ1) is 22.5. The van der Waals surface area contributed by atoms with Gasteiger partial charge in [-0.05, 0) is 37.7 Å². The third kappa shape index (κ3) is 5.12. The van der Waals surface area contributed by atoms with Crippen LogP contribution in [0.2, 0.25) is 0 Å². The fraction of sp³-hybridized carbons (Fsp3) is 0.600. The smallest absolute Gasteiger partial charge is 0.277 e. The van der Waals surface area contributed by atoms with Crippen LogP contribution in [0.25, 0.3) is 5.57 Å². The molecule has 1 unspecified atom stereocenters. The summed E-state index contributed by atoms with van der Waals surface area (Å²) >= 11 is 0. The van der Waals surface area contributed by atoms with E-state index >= 15 is 0 Å². The Morgan fingerprint density at radius 2 is 1.70 bits per heavy atom. The Morgan fingerprint density at radius 3 is 2.40 bits per heavy atom. The molecule has 2 aliphatic heterocycles. The average molecular weight is 413 g/mol. The van der Waals surface area contributed by atoms with Crippen LogP contribution in [0.4, 0.5) is 0 Å². The first-order valence-electron chi connectivity index (χ1n) is 11.6. The summed E-state index contributed by atoms with van der Waals surface area (Å²) in [5, 5.41) is 9.63. The molecule has 164 valence electrons. The van der Waals surface area contributed by atoms with Crippen molar-refractivity contribution in [3.05, 3.63) is 41.1 Å². The molecule has 1 aromatic carbocycles. The maximum absolute atomic E-state index is 13.4. The van der Waals surface area contributed by atoms with Crippen molar-refractivity contribution in [2.24, 2.45) is 5.92 Å². The number of amides is 2. The van der Waals surface area contributed by atoms with Crippen LogP contribution in [-0.4, -0.2) is 53.0 Å². The third-order valence-electron chi connectivity index (χ3n) is 6.31. The largest absolute Gasteiger partial charge is 0.396 e. The van der Waals surface area contributed by atoms with Gasteiger partial charge in [0.25, 0.3) is 11.8 Å². The number of carbonyl (C=O) groups excluding carboxylic acids is 2. The van der Waals surface area contributed by atoms with Crippen molar-refractivity contribution in [3.63, 3.8) is 0 Å². The Hall–Kier alpha value is -2.14. The SMILES string of the molecule is CCCCCCCCN1C(=O)C(c2ccc(C)cc2)=C(N2CCCC(CO)C2)C1=O. The molecule has 0 radical (unpaired) electrons. The highest BCUT2D eigenvalue weighted by atomic mass is 16.3. The van der Waals surface area contributed by atoms with Crippen molar-refractivity contribution in [3.8, 4) is 0 Å². The second kappa shape index (κ2) is 10.8. The van der Waals surface area contributed by atoms with E-state index in [0.29, 0.717) is 24.4 Å².